The quantitative estimate of drug-likeness (QED) is 0.103. The largest absolute Gasteiger partial charge is 0.469 e. The lowest BCUT2D eigenvalue weighted by molar-refractivity contribution is -0.144. The van der Waals surface area contributed by atoms with Gasteiger partial charge in [0.2, 0.25) is 17.7 Å². The number of amides is 3. The average molecular weight is 981 g/mol. The zero-order valence-corrected chi connectivity index (χ0v) is 42.2. The van der Waals surface area contributed by atoms with Crippen LogP contribution in [0.2, 0.25) is 0 Å². The first kappa shape index (κ1) is 48.1. The number of carbonyl (C=O) groups excluding carboxylic acids is 4. The molecule has 0 spiro atoms. The molecule has 16 nitrogen and oxygen atoms in total. The Morgan fingerprint density at radius 2 is 1.61 bits per heavy atom. The van der Waals surface area contributed by atoms with E-state index in [1.807, 2.05) is 118 Å². The second-order valence-electron chi connectivity index (χ2n) is 19.2. The molecule has 70 heavy (non-hydrogen) atoms. The Kier molecular flexibility index (Phi) is 13.2. The van der Waals surface area contributed by atoms with Gasteiger partial charge in [0.05, 0.1) is 53.0 Å². The summed E-state index contributed by atoms with van der Waals surface area (Å²) in [5.74, 6) is -0.325. The molecule has 362 valence electrons. The summed E-state index contributed by atoms with van der Waals surface area (Å²) in [5.41, 5.74) is 10.3. The minimum atomic E-state index is -0.994. The molecule has 7 aromatic rings. The predicted molar refractivity (Wildman–Crippen MR) is 270 cm³/mol. The van der Waals surface area contributed by atoms with E-state index in [-0.39, 0.29) is 43.8 Å². The van der Waals surface area contributed by atoms with Crippen molar-refractivity contribution in [2.45, 2.75) is 105 Å². The SMILES string of the molecule is COC(=O)C[C@@H]1N=C(c2ccc(-c3ccc4cn(CC(=O)N[C@H](C(=O)N5C[C@H](O)C[C@H]5C(=O)N[C@@H](C)c5ccc(-c6scnc6C)cc5)C(C)(C)C)nc4c3)cc2)c2c(sc(C)c2C)-n2c(C)nnc21. The van der Waals surface area contributed by atoms with Gasteiger partial charge in [-0.25, -0.2) is 4.98 Å². The number of benzene rings is 3. The molecule has 3 aromatic carbocycles. The zero-order valence-electron chi connectivity index (χ0n) is 40.6. The van der Waals surface area contributed by atoms with E-state index in [9.17, 15) is 24.3 Å². The molecule has 0 radical (unpaired) electrons. The molecule has 1 saturated heterocycles. The van der Waals surface area contributed by atoms with Crippen molar-refractivity contribution in [1.82, 2.24) is 45.1 Å². The number of ether oxygens (including phenoxy) is 1. The molecule has 18 heteroatoms. The predicted octanol–water partition coefficient (Wildman–Crippen LogP) is 7.53. The van der Waals surface area contributed by atoms with E-state index in [4.69, 9.17) is 14.8 Å². The number of methoxy groups -OCH3 is 1. The van der Waals surface area contributed by atoms with Crippen molar-refractivity contribution < 1.29 is 29.0 Å². The third-order valence-electron chi connectivity index (χ3n) is 13.2. The Labute approximate surface area is 413 Å². The van der Waals surface area contributed by atoms with Crippen LogP contribution in [0.25, 0.3) is 37.5 Å². The van der Waals surface area contributed by atoms with Crippen LogP contribution in [-0.2, 0) is 30.5 Å². The van der Waals surface area contributed by atoms with Crippen molar-refractivity contribution in [2.24, 2.45) is 10.4 Å². The number of β-amino-alcohol motifs (C(OH)–C–C–N with tert-alkyl or cyclic N) is 1. The first-order chi connectivity index (χ1) is 33.4. The molecule has 9 rings (SSSR count). The highest BCUT2D eigenvalue weighted by Gasteiger charge is 2.45. The monoisotopic (exact) mass is 980 g/mol. The molecular formula is C52H56N10O6S2. The Morgan fingerprint density at radius 1 is 0.914 bits per heavy atom. The lowest BCUT2D eigenvalue weighted by Crippen LogP contribution is -2.58. The Balaban J connectivity index is 0.884. The number of aryl methyl sites for hydroxylation is 3. The number of carbonyl (C=O) groups is 4. The maximum atomic E-state index is 14.4. The fourth-order valence-corrected chi connectivity index (χ4v) is 11.3. The highest BCUT2D eigenvalue weighted by atomic mass is 32.1. The number of aliphatic imine (C=N–C) groups is 1. The normalized spacial score (nSPS) is 17.6. The van der Waals surface area contributed by atoms with Crippen LogP contribution in [0.4, 0.5) is 0 Å². The van der Waals surface area contributed by atoms with Crippen LogP contribution < -0.4 is 10.6 Å². The van der Waals surface area contributed by atoms with Crippen molar-refractivity contribution >= 4 is 63.0 Å². The van der Waals surface area contributed by atoms with Gasteiger partial charge in [0.15, 0.2) is 5.82 Å². The summed E-state index contributed by atoms with van der Waals surface area (Å²) in [6.07, 6.45) is 0.998. The number of hydrogen-bond acceptors (Lipinski definition) is 13. The van der Waals surface area contributed by atoms with Crippen molar-refractivity contribution in [3.63, 3.8) is 0 Å². The summed E-state index contributed by atoms with van der Waals surface area (Å²) < 4.78 is 8.61. The third kappa shape index (κ3) is 9.42. The number of likely N-dealkylation sites (tertiary alicyclic amines) is 1. The van der Waals surface area contributed by atoms with Crippen LogP contribution in [0.3, 0.4) is 0 Å². The van der Waals surface area contributed by atoms with Gasteiger partial charge in [0, 0.05) is 40.6 Å². The molecule has 4 aromatic heterocycles. The molecule has 2 aliphatic heterocycles. The summed E-state index contributed by atoms with van der Waals surface area (Å²) in [6.45, 7) is 15.3. The minimum Gasteiger partial charge on any atom is -0.469 e. The number of nitrogens with one attached hydrogen (secondary N) is 2. The van der Waals surface area contributed by atoms with E-state index >= 15 is 0 Å². The van der Waals surface area contributed by atoms with Gasteiger partial charge >= 0.3 is 5.97 Å². The first-order valence-electron chi connectivity index (χ1n) is 23.2. The first-order valence-corrected chi connectivity index (χ1v) is 24.9. The minimum absolute atomic E-state index is 0.0170. The molecule has 2 aliphatic rings. The van der Waals surface area contributed by atoms with Crippen molar-refractivity contribution in [3.05, 3.63) is 123 Å². The second-order valence-corrected chi connectivity index (χ2v) is 21.3. The number of aliphatic hydroxyl groups excluding tert-OH is 1. The summed E-state index contributed by atoms with van der Waals surface area (Å²) >= 11 is 3.22. The standard InChI is InChI=1S/C52H56N10O6S2/c1-27-30(4)70-51-44(27)45(55-40(22-43(65)68-9)48-58-57-31(5)62(48)51)34-14-12-33(13-15-34)36-18-19-37-23-60(59-39(37)20-36)25-42(64)56-47(52(6,7)8)50(67)61-24-38(63)21-41(61)49(66)54-28(2)32-10-16-35(17-11-32)46-29(3)53-26-69-46/h10-20,23,26,28,38,40-41,47,63H,21-22,24-25H2,1-9H3,(H,54,66)(H,56,64)/t28-,38+,40-,41-,47+/m0/s1. The highest BCUT2D eigenvalue weighted by molar-refractivity contribution is 7.15. The molecular weight excluding hydrogens is 925 g/mol. The van der Waals surface area contributed by atoms with E-state index in [2.05, 4.69) is 39.7 Å². The molecule has 5 atom stereocenters. The molecule has 0 unspecified atom stereocenters. The third-order valence-corrected chi connectivity index (χ3v) is 15.4. The molecule has 0 saturated carbocycles. The van der Waals surface area contributed by atoms with Crippen LogP contribution in [-0.4, -0.2) is 101 Å². The van der Waals surface area contributed by atoms with E-state index < -0.39 is 41.5 Å². The Bertz CT molecular complexity index is 3180. The molecule has 0 bridgehead atoms. The van der Waals surface area contributed by atoms with Gasteiger partial charge < -0.3 is 25.4 Å². The lowest BCUT2D eigenvalue weighted by Gasteiger charge is -2.35. The zero-order chi connectivity index (χ0) is 49.8. The summed E-state index contributed by atoms with van der Waals surface area (Å²) in [4.78, 5) is 67.7. The number of thiazole rings is 1. The van der Waals surface area contributed by atoms with Crippen molar-refractivity contribution in [3.8, 4) is 26.6 Å². The molecule has 6 heterocycles. The topological polar surface area (TPSA) is 199 Å². The summed E-state index contributed by atoms with van der Waals surface area (Å²) in [5, 5.41) is 32.1. The number of nitrogens with zero attached hydrogens (tertiary/aromatic N) is 8. The number of rotatable bonds is 12. The van der Waals surface area contributed by atoms with E-state index in [0.717, 1.165) is 70.5 Å². The second kappa shape index (κ2) is 19.1. The Hall–Kier alpha value is -6.89. The summed E-state index contributed by atoms with van der Waals surface area (Å²) in [6, 6.07) is 19.1. The van der Waals surface area contributed by atoms with Crippen LogP contribution in [0.1, 0.15) is 97.1 Å². The maximum Gasteiger partial charge on any atom is 0.308 e. The highest BCUT2D eigenvalue weighted by Crippen LogP contribution is 2.40. The van der Waals surface area contributed by atoms with E-state index in [1.54, 1.807) is 33.6 Å². The molecule has 3 N–H and O–H groups in total. The molecule has 3 amide bonds. The smallest absolute Gasteiger partial charge is 0.308 e. The number of esters is 1. The number of aromatic nitrogens is 6. The van der Waals surface area contributed by atoms with Gasteiger partial charge in [-0.3, -0.25) is 33.4 Å². The van der Waals surface area contributed by atoms with Gasteiger partial charge in [-0.1, -0.05) is 81.4 Å². The average Bonchev–Trinajstić information content (AvgIpc) is 4.16. The van der Waals surface area contributed by atoms with E-state index in [0.29, 0.717) is 17.2 Å². The van der Waals surface area contributed by atoms with Crippen LogP contribution in [0, 0.1) is 33.1 Å². The number of thiophene rings is 1. The van der Waals surface area contributed by atoms with Gasteiger partial charge in [-0.2, -0.15) is 5.10 Å². The molecule has 1 fully saturated rings. The van der Waals surface area contributed by atoms with Crippen LogP contribution in [0.15, 0.2) is 83.4 Å². The van der Waals surface area contributed by atoms with E-state index in [1.165, 1.54) is 12.0 Å². The Morgan fingerprint density at radius 3 is 2.30 bits per heavy atom. The van der Waals surface area contributed by atoms with Gasteiger partial charge in [0.25, 0.3) is 0 Å². The number of fused-ring (bicyclic) bond motifs is 4. The van der Waals surface area contributed by atoms with Crippen LogP contribution in [0.5, 0.6) is 0 Å². The van der Waals surface area contributed by atoms with Gasteiger partial charge in [-0.05, 0) is 73.9 Å². The lowest BCUT2D eigenvalue weighted by atomic mass is 9.85. The van der Waals surface area contributed by atoms with Crippen LogP contribution >= 0.6 is 22.7 Å². The van der Waals surface area contributed by atoms with Gasteiger partial charge in [0.1, 0.15) is 35.5 Å². The number of hydrogen-bond donors (Lipinski definition) is 3. The number of aliphatic hydroxyl groups is 1. The fraction of sp³-hybridized carbons (Fsp3) is 0.365. The summed E-state index contributed by atoms with van der Waals surface area (Å²) in [7, 11) is 1.37. The van der Waals surface area contributed by atoms with Crippen molar-refractivity contribution in [1.29, 1.82) is 0 Å². The fourth-order valence-electron chi connectivity index (χ4n) is 9.28. The van der Waals surface area contributed by atoms with Crippen molar-refractivity contribution in [2.75, 3.05) is 13.7 Å². The maximum absolute atomic E-state index is 14.4. The molecule has 0 aliphatic carbocycles. The van der Waals surface area contributed by atoms with Gasteiger partial charge in [-0.15, -0.1) is 32.9 Å².